The molecule has 1 fully saturated rings. The van der Waals surface area contributed by atoms with Crippen LogP contribution in [0, 0.1) is 13.8 Å². The van der Waals surface area contributed by atoms with Gasteiger partial charge in [-0.15, -0.1) is 0 Å². The number of nitrogens with zero attached hydrogens (tertiary/aromatic N) is 1. The average Bonchev–Trinajstić information content (AvgIpc) is 2.76. The van der Waals surface area contributed by atoms with Crippen molar-refractivity contribution in [3.05, 3.63) is 75.9 Å². The molecule has 1 N–H and O–H groups in total. The lowest BCUT2D eigenvalue weighted by atomic mass is 9.74. The van der Waals surface area contributed by atoms with E-state index in [1.807, 2.05) is 43.3 Å². The summed E-state index contributed by atoms with van der Waals surface area (Å²) in [6.45, 7) is 6.01. The Kier molecular flexibility index (Phi) is 6.07. The van der Waals surface area contributed by atoms with Crippen LogP contribution in [0.2, 0.25) is 5.02 Å². The maximum Gasteiger partial charge on any atom is 0.224 e. The van der Waals surface area contributed by atoms with E-state index in [4.69, 9.17) is 21.3 Å². The van der Waals surface area contributed by atoms with Crippen LogP contribution < -0.4 is 5.32 Å². The van der Waals surface area contributed by atoms with Crippen LogP contribution in [0.5, 0.6) is 0 Å². The topological polar surface area (TPSA) is 51.2 Å². The number of amides is 1. The lowest BCUT2D eigenvalue weighted by Gasteiger charge is -2.38. The Morgan fingerprint density at radius 3 is 2.67 bits per heavy atom. The van der Waals surface area contributed by atoms with Crippen LogP contribution in [-0.4, -0.2) is 30.6 Å². The van der Waals surface area contributed by atoms with Crippen LogP contribution in [0.25, 0.3) is 10.9 Å². The van der Waals surface area contributed by atoms with E-state index in [1.165, 1.54) is 5.56 Å². The van der Waals surface area contributed by atoms with Gasteiger partial charge >= 0.3 is 0 Å². The summed E-state index contributed by atoms with van der Waals surface area (Å²) in [6, 6.07) is 16.1. The highest BCUT2D eigenvalue weighted by molar-refractivity contribution is 6.30. The van der Waals surface area contributed by atoms with Crippen molar-refractivity contribution in [1.29, 1.82) is 0 Å². The minimum absolute atomic E-state index is 0.0196. The van der Waals surface area contributed by atoms with Crippen molar-refractivity contribution in [3.8, 4) is 0 Å². The van der Waals surface area contributed by atoms with E-state index >= 15 is 0 Å². The fraction of sp³-hybridized carbons (Fsp3) is 0.360. The van der Waals surface area contributed by atoms with E-state index in [0.717, 1.165) is 45.6 Å². The molecule has 1 amide bonds. The van der Waals surface area contributed by atoms with E-state index in [-0.39, 0.29) is 11.3 Å². The fourth-order valence-electron chi connectivity index (χ4n) is 4.47. The summed E-state index contributed by atoms with van der Waals surface area (Å²) in [5, 5.41) is 5.02. The van der Waals surface area contributed by atoms with Gasteiger partial charge in [0.25, 0.3) is 0 Å². The Bertz CT molecular complexity index is 1070. The molecule has 30 heavy (non-hydrogen) atoms. The Balaban J connectivity index is 1.53. The van der Waals surface area contributed by atoms with E-state index < -0.39 is 0 Å². The molecule has 0 unspecified atom stereocenters. The highest BCUT2D eigenvalue weighted by Crippen LogP contribution is 2.35. The number of hydrogen-bond donors (Lipinski definition) is 1. The van der Waals surface area contributed by atoms with Crippen molar-refractivity contribution >= 4 is 28.4 Å². The smallest absolute Gasteiger partial charge is 0.224 e. The molecule has 0 radical (unpaired) electrons. The first-order valence-electron chi connectivity index (χ1n) is 10.4. The molecule has 0 bridgehead atoms. The lowest BCUT2D eigenvalue weighted by Crippen LogP contribution is -2.45. The van der Waals surface area contributed by atoms with Gasteiger partial charge in [0.2, 0.25) is 5.91 Å². The highest BCUT2D eigenvalue weighted by atomic mass is 35.5. The van der Waals surface area contributed by atoms with Gasteiger partial charge in [0.05, 0.1) is 11.9 Å². The molecule has 0 saturated carbocycles. The molecule has 2 heterocycles. The van der Waals surface area contributed by atoms with Crippen LogP contribution in [0.1, 0.15) is 35.2 Å². The second-order valence-corrected chi connectivity index (χ2v) is 8.61. The van der Waals surface area contributed by atoms with E-state index in [0.29, 0.717) is 26.2 Å². The number of ether oxygens (including phenoxy) is 1. The van der Waals surface area contributed by atoms with Crippen LogP contribution in [-0.2, 0) is 21.4 Å². The van der Waals surface area contributed by atoms with Crippen LogP contribution >= 0.6 is 11.6 Å². The first kappa shape index (κ1) is 20.8. The molecule has 0 spiro atoms. The molecule has 1 aromatic heterocycles. The molecular formula is C25H27ClN2O2. The number of fused-ring (bicyclic) bond motifs is 1. The normalized spacial score (nSPS) is 15.8. The quantitative estimate of drug-likeness (QED) is 0.635. The number of rotatable bonds is 5. The SMILES string of the molecule is Cc1nc2ccccc2c(C)c1CC(=O)NCC1(c2cccc(Cl)c2)CCOCC1. The van der Waals surface area contributed by atoms with Crippen molar-refractivity contribution in [3.63, 3.8) is 0 Å². The first-order valence-corrected chi connectivity index (χ1v) is 10.8. The van der Waals surface area contributed by atoms with Gasteiger partial charge in [-0.1, -0.05) is 41.9 Å². The standard InChI is InChI=1S/C25H27ClN2O2/c1-17-21-8-3-4-9-23(21)28-18(2)22(17)15-24(29)27-16-25(10-12-30-13-11-25)19-6-5-7-20(26)14-19/h3-9,14H,10-13,15-16H2,1-2H3,(H,27,29). The van der Waals surface area contributed by atoms with Crippen LogP contribution in [0.4, 0.5) is 0 Å². The van der Waals surface area contributed by atoms with Gasteiger partial charge in [-0.2, -0.15) is 0 Å². The Morgan fingerprint density at radius 1 is 1.13 bits per heavy atom. The Morgan fingerprint density at radius 2 is 1.90 bits per heavy atom. The number of nitrogens with one attached hydrogen (secondary N) is 1. The zero-order valence-electron chi connectivity index (χ0n) is 17.5. The predicted octanol–water partition coefficient (Wildman–Crippen LogP) is 4.91. The summed E-state index contributed by atoms with van der Waals surface area (Å²) in [4.78, 5) is 17.6. The zero-order valence-corrected chi connectivity index (χ0v) is 18.3. The molecule has 156 valence electrons. The predicted molar refractivity (Wildman–Crippen MR) is 121 cm³/mol. The first-order chi connectivity index (χ1) is 14.5. The maximum absolute atomic E-state index is 12.9. The maximum atomic E-state index is 12.9. The van der Waals surface area contributed by atoms with Gasteiger partial charge in [-0.05, 0) is 61.6 Å². The molecule has 4 rings (SSSR count). The van der Waals surface area contributed by atoms with Gasteiger partial charge in [0.1, 0.15) is 0 Å². The van der Waals surface area contributed by atoms with Crippen molar-refractivity contribution < 1.29 is 9.53 Å². The molecule has 0 aliphatic carbocycles. The number of halogens is 1. The number of benzene rings is 2. The lowest BCUT2D eigenvalue weighted by molar-refractivity contribution is -0.121. The number of aryl methyl sites for hydroxylation is 2. The minimum Gasteiger partial charge on any atom is -0.381 e. The summed E-state index contributed by atoms with van der Waals surface area (Å²) in [5.41, 5.74) is 5.04. The molecule has 1 saturated heterocycles. The number of carbonyl (C=O) groups is 1. The second-order valence-electron chi connectivity index (χ2n) is 8.17. The van der Waals surface area contributed by atoms with E-state index in [2.05, 4.69) is 24.4 Å². The van der Waals surface area contributed by atoms with Crippen molar-refractivity contribution in [2.24, 2.45) is 0 Å². The van der Waals surface area contributed by atoms with Crippen molar-refractivity contribution in [2.75, 3.05) is 19.8 Å². The van der Waals surface area contributed by atoms with Crippen molar-refractivity contribution in [1.82, 2.24) is 10.3 Å². The molecule has 3 aromatic rings. The Labute approximate surface area is 182 Å². The van der Waals surface area contributed by atoms with E-state index in [9.17, 15) is 4.79 Å². The molecule has 5 heteroatoms. The van der Waals surface area contributed by atoms with Gasteiger partial charge in [0.15, 0.2) is 0 Å². The summed E-state index contributed by atoms with van der Waals surface area (Å²) in [6.07, 6.45) is 2.06. The third kappa shape index (κ3) is 4.21. The van der Waals surface area contributed by atoms with Gasteiger partial charge in [-0.25, -0.2) is 0 Å². The molecule has 1 aliphatic heterocycles. The minimum atomic E-state index is -0.148. The number of aromatic nitrogens is 1. The summed E-state index contributed by atoms with van der Waals surface area (Å²) in [5.74, 6) is 0.0196. The summed E-state index contributed by atoms with van der Waals surface area (Å²) >= 11 is 6.25. The molecule has 0 atom stereocenters. The van der Waals surface area contributed by atoms with Gasteiger partial charge in [0, 0.05) is 41.3 Å². The highest BCUT2D eigenvalue weighted by Gasteiger charge is 2.35. The number of para-hydroxylation sites is 1. The van der Waals surface area contributed by atoms with Crippen LogP contribution in [0.3, 0.4) is 0 Å². The summed E-state index contributed by atoms with van der Waals surface area (Å²) < 4.78 is 5.60. The average molecular weight is 423 g/mol. The third-order valence-corrected chi connectivity index (χ3v) is 6.57. The van der Waals surface area contributed by atoms with Crippen LogP contribution in [0.15, 0.2) is 48.5 Å². The molecule has 2 aromatic carbocycles. The molecule has 1 aliphatic rings. The van der Waals surface area contributed by atoms with E-state index in [1.54, 1.807) is 0 Å². The monoisotopic (exact) mass is 422 g/mol. The van der Waals surface area contributed by atoms with Gasteiger partial charge in [-0.3, -0.25) is 9.78 Å². The van der Waals surface area contributed by atoms with Gasteiger partial charge < -0.3 is 10.1 Å². The summed E-state index contributed by atoms with van der Waals surface area (Å²) in [7, 11) is 0. The number of carbonyl (C=O) groups excluding carboxylic acids is 1. The number of pyridine rings is 1. The number of hydrogen-bond acceptors (Lipinski definition) is 3. The largest absolute Gasteiger partial charge is 0.381 e. The Hall–Kier alpha value is -2.43. The third-order valence-electron chi connectivity index (χ3n) is 6.33. The molecule has 4 nitrogen and oxygen atoms in total. The molecular weight excluding hydrogens is 396 g/mol. The van der Waals surface area contributed by atoms with Crippen molar-refractivity contribution in [2.45, 2.75) is 38.5 Å². The second kappa shape index (κ2) is 8.75. The zero-order chi connectivity index (χ0) is 21.1. The fourth-order valence-corrected chi connectivity index (χ4v) is 4.66.